The Morgan fingerprint density at radius 3 is 2.79 bits per heavy atom. The van der Waals surface area contributed by atoms with Gasteiger partial charge in [-0.15, -0.1) is 5.10 Å². The van der Waals surface area contributed by atoms with Crippen molar-refractivity contribution in [1.29, 1.82) is 0 Å². The summed E-state index contributed by atoms with van der Waals surface area (Å²) >= 11 is 5.97. The number of hydrogen-bond acceptors (Lipinski definition) is 7. The largest absolute Gasteiger partial charge is 0.496 e. The van der Waals surface area contributed by atoms with Crippen molar-refractivity contribution in [3.63, 3.8) is 0 Å². The minimum atomic E-state index is -0.124. The van der Waals surface area contributed by atoms with Crippen molar-refractivity contribution in [2.24, 2.45) is 0 Å². The molecule has 0 bridgehead atoms. The number of hydrogen-bond donors (Lipinski definition) is 0. The summed E-state index contributed by atoms with van der Waals surface area (Å²) in [6.07, 6.45) is -0.124. The lowest BCUT2D eigenvalue weighted by molar-refractivity contribution is -0.00117. The summed E-state index contributed by atoms with van der Waals surface area (Å²) in [6.45, 7) is 0.874. The Bertz CT molecular complexity index is 1160. The van der Waals surface area contributed by atoms with Crippen LogP contribution in [0.5, 0.6) is 5.75 Å². The molecule has 1 aliphatic rings. The molecule has 0 spiro atoms. The summed E-state index contributed by atoms with van der Waals surface area (Å²) in [7, 11) is 1.60. The second-order valence-corrected chi connectivity index (χ2v) is 6.98. The smallest absolute Gasteiger partial charge is 0.280 e. The van der Waals surface area contributed by atoms with Crippen LogP contribution in [0.1, 0.15) is 17.4 Å². The van der Waals surface area contributed by atoms with Gasteiger partial charge in [-0.2, -0.15) is 4.98 Å². The molecule has 29 heavy (non-hydrogen) atoms. The van der Waals surface area contributed by atoms with Crippen LogP contribution in [0.25, 0.3) is 23.0 Å². The molecule has 2 aromatic carbocycles. The first-order chi connectivity index (χ1) is 14.2. The predicted octanol–water partition coefficient (Wildman–Crippen LogP) is 3.93. The third-order valence-electron chi connectivity index (χ3n) is 4.82. The average molecular weight is 410 g/mol. The minimum absolute atomic E-state index is 0.124. The minimum Gasteiger partial charge on any atom is -0.496 e. The van der Waals surface area contributed by atoms with Crippen molar-refractivity contribution in [3.8, 4) is 28.7 Å². The number of aromatic nitrogens is 5. The lowest BCUT2D eigenvalue weighted by atomic mass is 10.1. The first-order valence-corrected chi connectivity index (χ1v) is 9.37. The molecule has 0 saturated carbocycles. The topological polar surface area (TPSA) is 88.1 Å². The van der Waals surface area contributed by atoms with Crippen LogP contribution in [0.15, 0.2) is 53.1 Å². The molecule has 5 rings (SSSR count). The summed E-state index contributed by atoms with van der Waals surface area (Å²) in [5.41, 5.74) is 3.09. The van der Waals surface area contributed by atoms with Crippen molar-refractivity contribution in [2.75, 3.05) is 7.11 Å². The maximum atomic E-state index is 6.03. The van der Waals surface area contributed by atoms with Gasteiger partial charge >= 0.3 is 0 Å². The molecule has 1 atom stereocenters. The van der Waals surface area contributed by atoms with Crippen molar-refractivity contribution in [3.05, 3.63) is 64.8 Å². The molecule has 4 aromatic rings. The van der Waals surface area contributed by atoms with E-state index in [0.29, 0.717) is 41.3 Å². The van der Waals surface area contributed by atoms with Gasteiger partial charge in [0.2, 0.25) is 5.82 Å². The molecule has 146 valence electrons. The Labute approximate surface area is 171 Å². The number of ether oxygens (including phenoxy) is 2. The molecular weight excluding hydrogens is 394 g/mol. The van der Waals surface area contributed by atoms with Crippen LogP contribution in [-0.2, 0) is 17.9 Å². The molecule has 8 nitrogen and oxygen atoms in total. The molecule has 0 amide bonds. The SMILES string of the molecule is COc1ccccc1-c1noc(-c2nnn3c2CO[C@H](c2ccc(Cl)cc2)C3)n1. The average Bonchev–Trinajstić information content (AvgIpc) is 3.40. The van der Waals surface area contributed by atoms with E-state index >= 15 is 0 Å². The standard InChI is InChI=1S/C20H16ClN5O3/c1-27-16-5-3-2-4-14(16)19-22-20(29-24-19)18-15-11-28-17(10-26(15)25-23-18)12-6-8-13(21)9-7-12/h2-9,17H,10-11H2,1H3/t17-/m0/s1. The summed E-state index contributed by atoms with van der Waals surface area (Å²) < 4.78 is 18.7. The van der Waals surface area contributed by atoms with Crippen LogP contribution in [0, 0.1) is 0 Å². The fraction of sp³-hybridized carbons (Fsp3) is 0.200. The number of methoxy groups -OCH3 is 1. The predicted molar refractivity (Wildman–Crippen MR) is 104 cm³/mol. The van der Waals surface area contributed by atoms with Crippen molar-refractivity contribution >= 4 is 11.6 Å². The van der Waals surface area contributed by atoms with E-state index < -0.39 is 0 Å². The molecule has 1 aliphatic heterocycles. The second-order valence-electron chi connectivity index (χ2n) is 6.54. The number of nitrogens with zero attached hydrogens (tertiary/aromatic N) is 5. The summed E-state index contributed by atoms with van der Waals surface area (Å²) in [4.78, 5) is 4.48. The quantitative estimate of drug-likeness (QED) is 0.504. The zero-order valence-electron chi connectivity index (χ0n) is 15.4. The van der Waals surface area contributed by atoms with E-state index in [-0.39, 0.29) is 6.10 Å². The van der Waals surface area contributed by atoms with E-state index in [2.05, 4.69) is 20.5 Å². The lowest BCUT2D eigenvalue weighted by Crippen LogP contribution is -2.22. The lowest BCUT2D eigenvalue weighted by Gasteiger charge is -2.24. The molecule has 0 fully saturated rings. The van der Waals surface area contributed by atoms with Crippen LogP contribution in [-0.4, -0.2) is 32.2 Å². The van der Waals surface area contributed by atoms with Gasteiger partial charge in [-0.1, -0.05) is 46.2 Å². The van der Waals surface area contributed by atoms with Gasteiger partial charge in [-0.05, 0) is 29.8 Å². The summed E-state index contributed by atoms with van der Waals surface area (Å²) in [5, 5.41) is 13.3. The van der Waals surface area contributed by atoms with E-state index in [1.807, 2.05) is 53.2 Å². The molecule has 2 aromatic heterocycles. The number of para-hydroxylation sites is 1. The van der Waals surface area contributed by atoms with Crippen LogP contribution in [0.4, 0.5) is 0 Å². The third-order valence-corrected chi connectivity index (χ3v) is 5.07. The molecule has 0 aliphatic carbocycles. The van der Waals surface area contributed by atoms with E-state index in [4.69, 9.17) is 25.6 Å². The van der Waals surface area contributed by atoms with Gasteiger partial charge in [-0.25, -0.2) is 4.68 Å². The monoisotopic (exact) mass is 409 g/mol. The highest BCUT2D eigenvalue weighted by molar-refractivity contribution is 6.30. The maximum Gasteiger partial charge on any atom is 0.280 e. The molecule has 9 heteroatoms. The first-order valence-electron chi connectivity index (χ1n) is 9.00. The molecule has 0 N–H and O–H groups in total. The van der Waals surface area contributed by atoms with Gasteiger partial charge in [-0.3, -0.25) is 0 Å². The van der Waals surface area contributed by atoms with Crippen LogP contribution >= 0.6 is 11.6 Å². The van der Waals surface area contributed by atoms with Crippen LogP contribution in [0.3, 0.4) is 0 Å². The Morgan fingerprint density at radius 1 is 1.14 bits per heavy atom. The van der Waals surface area contributed by atoms with E-state index in [1.54, 1.807) is 7.11 Å². The third kappa shape index (κ3) is 3.26. The Kier molecular flexibility index (Phi) is 4.49. The van der Waals surface area contributed by atoms with E-state index in [1.165, 1.54) is 0 Å². The normalized spacial score (nSPS) is 15.9. The van der Waals surface area contributed by atoms with Crippen LogP contribution < -0.4 is 4.74 Å². The van der Waals surface area contributed by atoms with Gasteiger partial charge < -0.3 is 14.0 Å². The van der Waals surface area contributed by atoms with E-state index in [9.17, 15) is 0 Å². The van der Waals surface area contributed by atoms with Crippen molar-refractivity contribution in [1.82, 2.24) is 25.1 Å². The van der Waals surface area contributed by atoms with Crippen molar-refractivity contribution in [2.45, 2.75) is 19.3 Å². The fourth-order valence-corrected chi connectivity index (χ4v) is 3.44. The zero-order chi connectivity index (χ0) is 19.8. The van der Waals surface area contributed by atoms with Crippen LogP contribution in [0.2, 0.25) is 5.02 Å². The van der Waals surface area contributed by atoms with Gasteiger partial charge in [0.1, 0.15) is 11.9 Å². The van der Waals surface area contributed by atoms with Gasteiger partial charge in [0.25, 0.3) is 5.89 Å². The van der Waals surface area contributed by atoms with Gasteiger partial charge in [0, 0.05) is 5.02 Å². The number of rotatable bonds is 4. The summed E-state index contributed by atoms with van der Waals surface area (Å²) in [6, 6.07) is 15.1. The maximum absolute atomic E-state index is 6.03. The number of halogens is 1. The second kappa shape index (κ2) is 7.31. The number of fused-ring (bicyclic) bond motifs is 1. The molecule has 0 radical (unpaired) electrons. The Morgan fingerprint density at radius 2 is 1.97 bits per heavy atom. The Balaban J connectivity index is 1.42. The van der Waals surface area contributed by atoms with Gasteiger partial charge in [0.05, 0.1) is 31.5 Å². The number of benzene rings is 2. The molecule has 0 saturated heterocycles. The summed E-state index contributed by atoms with van der Waals surface area (Å²) in [5.74, 6) is 1.38. The molecular formula is C20H16ClN5O3. The Hall–Kier alpha value is -3.23. The fourth-order valence-electron chi connectivity index (χ4n) is 3.32. The van der Waals surface area contributed by atoms with Gasteiger partial charge in [0.15, 0.2) is 5.69 Å². The molecule has 0 unspecified atom stereocenters. The highest BCUT2D eigenvalue weighted by Gasteiger charge is 2.28. The highest BCUT2D eigenvalue weighted by atomic mass is 35.5. The van der Waals surface area contributed by atoms with E-state index in [0.717, 1.165) is 16.8 Å². The molecule has 3 heterocycles. The van der Waals surface area contributed by atoms with Crippen molar-refractivity contribution < 1.29 is 14.0 Å². The highest BCUT2D eigenvalue weighted by Crippen LogP contribution is 2.32. The first kappa shape index (κ1) is 17.8. The zero-order valence-corrected chi connectivity index (χ0v) is 16.2.